The van der Waals surface area contributed by atoms with Crippen LogP contribution in [0.1, 0.15) is 19.8 Å². The van der Waals surface area contributed by atoms with E-state index in [1.165, 1.54) is 11.8 Å². The van der Waals surface area contributed by atoms with Crippen LogP contribution >= 0.6 is 12.4 Å². The molecule has 1 atom stereocenters. The van der Waals surface area contributed by atoms with E-state index in [2.05, 4.69) is 5.32 Å². The smallest absolute Gasteiger partial charge is 0.242 e. The van der Waals surface area contributed by atoms with Crippen molar-refractivity contribution in [1.82, 2.24) is 15.1 Å². The topological polar surface area (TPSA) is 52.7 Å². The molecule has 0 bridgehead atoms. The van der Waals surface area contributed by atoms with E-state index in [9.17, 15) is 9.59 Å². The Labute approximate surface area is 109 Å². The zero-order valence-corrected chi connectivity index (χ0v) is 11.5. The summed E-state index contributed by atoms with van der Waals surface area (Å²) in [5.41, 5.74) is 0. The SMILES string of the molecule is CNCC1CCCN1C(=O)CN(C)C(C)=O.Cl. The molecule has 0 radical (unpaired) electrons. The van der Waals surface area contributed by atoms with Gasteiger partial charge in [0.2, 0.25) is 11.8 Å². The van der Waals surface area contributed by atoms with Gasteiger partial charge in [0.25, 0.3) is 0 Å². The maximum Gasteiger partial charge on any atom is 0.242 e. The molecule has 0 spiro atoms. The average molecular weight is 264 g/mol. The Kier molecular flexibility index (Phi) is 7.15. The molecule has 1 N–H and O–H groups in total. The number of hydrogen-bond acceptors (Lipinski definition) is 3. The van der Waals surface area contributed by atoms with Crippen molar-refractivity contribution in [3.05, 3.63) is 0 Å². The number of nitrogens with one attached hydrogen (secondary N) is 1. The van der Waals surface area contributed by atoms with E-state index in [0.29, 0.717) is 0 Å². The summed E-state index contributed by atoms with van der Waals surface area (Å²) in [6.07, 6.45) is 2.11. The Balaban J connectivity index is 0.00000256. The number of hydrogen-bond donors (Lipinski definition) is 1. The van der Waals surface area contributed by atoms with Gasteiger partial charge in [-0.1, -0.05) is 0 Å². The van der Waals surface area contributed by atoms with Crippen LogP contribution in [0.15, 0.2) is 0 Å². The average Bonchev–Trinajstić information content (AvgIpc) is 2.66. The summed E-state index contributed by atoms with van der Waals surface area (Å²) >= 11 is 0. The summed E-state index contributed by atoms with van der Waals surface area (Å²) in [6.45, 7) is 3.31. The van der Waals surface area contributed by atoms with Crippen LogP contribution < -0.4 is 5.32 Å². The summed E-state index contributed by atoms with van der Waals surface area (Å²) in [7, 11) is 3.55. The fraction of sp³-hybridized carbons (Fsp3) is 0.818. The Morgan fingerprint density at radius 3 is 2.65 bits per heavy atom. The monoisotopic (exact) mass is 263 g/mol. The van der Waals surface area contributed by atoms with Gasteiger partial charge in [-0.15, -0.1) is 12.4 Å². The van der Waals surface area contributed by atoms with Gasteiger partial charge in [0.05, 0.1) is 6.54 Å². The van der Waals surface area contributed by atoms with Gasteiger partial charge in [-0.25, -0.2) is 0 Å². The molecule has 1 rings (SSSR count). The lowest BCUT2D eigenvalue weighted by Crippen LogP contribution is -2.45. The molecule has 1 heterocycles. The lowest BCUT2D eigenvalue weighted by atomic mass is 10.2. The summed E-state index contributed by atoms with van der Waals surface area (Å²) in [5, 5.41) is 3.10. The molecule has 6 heteroatoms. The Morgan fingerprint density at radius 1 is 1.47 bits per heavy atom. The molecule has 100 valence electrons. The van der Waals surface area contributed by atoms with Crippen LogP contribution in [0.25, 0.3) is 0 Å². The van der Waals surface area contributed by atoms with Gasteiger partial charge in [-0.3, -0.25) is 9.59 Å². The van der Waals surface area contributed by atoms with Crippen LogP contribution in [0.2, 0.25) is 0 Å². The summed E-state index contributed by atoms with van der Waals surface area (Å²) in [6, 6.07) is 0.290. The van der Waals surface area contributed by atoms with Gasteiger partial charge in [-0.2, -0.15) is 0 Å². The van der Waals surface area contributed by atoms with Crippen molar-refractivity contribution in [3.63, 3.8) is 0 Å². The number of rotatable bonds is 4. The van der Waals surface area contributed by atoms with Crippen LogP contribution in [-0.4, -0.2) is 61.4 Å². The van der Waals surface area contributed by atoms with E-state index in [0.717, 1.165) is 25.9 Å². The number of nitrogens with zero attached hydrogens (tertiary/aromatic N) is 2. The van der Waals surface area contributed by atoms with Crippen molar-refractivity contribution in [2.24, 2.45) is 0 Å². The third kappa shape index (κ3) is 4.52. The second-order valence-corrected chi connectivity index (χ2v) is 4.32. The van der Waals surface area contributed by atoms with Gasteiger partial charge in [0.15, 0.2) is 0 Å². The molecular weight excluding hydrogens is 242 g/mol. The zero-order chi connectivity index (χ0) is 12.1. The molecule has 1 saturated heterocycles. The molecule has 1 aliphatic heterocycles. The number of likely N-dealkylation sites (tertiary alicyclic amines) is 1. The number of carbonyl (C=O) groups is 2. The molecule has 1 fully saturated rings. The number of halogens is 1. The quantitative estimate of drug-likeness (QED) is 0.783. The third-order valence-corrected chi connectivity index (χ3v) is 3.05. The maximum atomic E-state index is 11.9. The molecule has 1 unspecified atom stereocenters. The van der Waals surface area contributed by atoms with Crippen molar-refractivity contribution in [3.8, 4) is 0 Å². The van der Waals surface area contributed by atoms with Gasteiger partial charge >= 0.3 is 0 Å². The predicted molar refractivity (Wildman–Crippen MR) is 69.2 cm³/mol. The second-order valence-electron chi connectivity index (χ2n) is 4.32. The first kappa shape index (κ1) is 16.2. The molecule has 0 aromatic carbocycles. The molecule has 0 aromatic rings. The van der Waals surface area contributed by atoms with Crippen LogP contribution in [0.5, 0.6) is 0 Å². The Hall–Kier alpha value is -0.810. The first-order valence-corrected chi connectivity index (χ1v) is 5.72. The Morgan fingerprint density at radius 2 is 2.12 bits per heavy atom. The van der Waals surface area contributed by atoms with Crippen molar-refractivity contribution in [2.45, 2.75) is 25.8 Å². The van der Waals surface area contributed by atoms with Crippen LogP contribution in [0.3, 0.4) is 0 Å². The first-order chi connectivity index (χ1) is 7.56. The minimum atomic E-state index is -0.0716. The van der Waals surface area contributed by atoms with Gasteiger partial charge in [0.1, 0.15) is 0 Å². The fourth-order valence-electron chi connectivity index (χ4n) is 2.02. The Bertz CT molecular complexity index is 273. The molecule has 0 saturated carbocycles. The van der Waals surface area contributed by atoms with Crippen molar-refractivity contribution >= 4 is 24.2 Å². The van der Waals surface area contributed by atoms with E-state index in [1.54, 1.807) is 7.05 Å². The van der Waals surface area contributed by atoms with Gasteiger partial charge < -0.3 is 15.1 Å². The highest BCUT2D eigenvalue weighted by atomic mass is 35.5. The number of amides is 2. The highest BCUT2D eigenvalue weighted by molar-refractivity contribution is 5.85. The van der Waals surface area contributed by atoms with E-state index in [1.807, 2.05) is 11.9 Å². The largest absolute Gasteiger partial charge is 0.337 e. The molecule has 17 heavy (non-hydrogen) atoms. The van der Waals surface area contributed by atoms with Crippen LogP contribution in [-0.2, 0) is 9.59 Å². The molecule has 5 nitrogen and oxygen atoms in total. The third-order valence-electron chi connectivity index (χ3n) is 3.05. The number of carbonyl (C=O) groups excluding carboxylic acids is 2. The second kappa shape index (κ2) is 7.50. The van der Waals surface area contributed by atoms with E-state index < -0.39 is 0 Å². The standard InChI is InChI=1S/C11H21N3O2.ClH/c1-9(15)13(3)8-11(16)14-6-4-5-10(14)7-12-2;/h10,12H,4-8H2,1-3H3;1H. The van der Waals surface area contributed by atoms with E-state index in [4.69, 9.17) is 0 Å². The lowest BCUT2D eigenvalue weighted by Gasteiger charge is -2.26. The minimum Gasteiger partial charge on any atom is -0.337 e. The van der Waals surface area contributed by atoms with Crippen molar-refractivity contribution in [2.75, 3.05) is 33.7 Å². The first-order valence-electron chi connectivity index (χ1n) is 5.72. The molecular formula is C11H22ClN3O2. The lowest BCUT2D eigenvalue weighted by molar-refractivity contribution is -0.138. The number of likely N-dealkylation sites (N-methyl/N-ethyl adjacent to an activating group) is 2. The highest BCUT2D eigenvalue weighted by Gasteiger charge is 2.28. The minimum absolute atomic E-state index is 0. The van der Waals surface area contributed by atoms with Gasteiger partial charge in [0, 0.05) is 33.1 Å². The molecule has 0 aliphatic carbocycles. The molecule has 1 aliphatic rings. The van der Waals surface area contributed by atoms with Crippen molar-refractivity contribution < 1.29 is 9.59 Å². The van der Waals surface area contributed by atoms with E-state index in [-0.39, 0.29) is 36.8 Å². The maximum absolute atomic E-state index is 11.9. The summed E-state index contributed by atoms with van der Waals surface area (Å²) in [4.78, 5) is 26.3. The molecule has 0 aromatic heterocycles. The van der Waals surface area contributed by atoms with Crippen LogP contribution in [0.4, 0.5) is 0 Å². The zero-order valence-electron chi connectivity index (χ0n) is 10.7. The van der Waals surface area contributed by atoms with Crippen LogP contribution in [0, 0.1) is 0 Å². The normalized spacial score (nSPS) is 18.8. The predicted octanol–water partition coefficient (Wildman–Crippen LogP) is 0.0969. The van der Waals surface area contributed by atoms with Crippen molar-refractivity contribution in [1.29, 1.82) is 0 Å². The fourth-order valence-corrected chi connectivity index (χ4v) is 2.02. The summed E-state index contributed by atoms with van der Waals surface area (Å²) in [5.74, 6) is -0.0202. The summed E-state index contributed by atoms with van der Waals surface area (Å²) < 4.78 is 0. The van der Waals surface area contributed by atoms with E-state index >= 15 is 0 Å². The van der Waals surface area contributed by atoms with Gasteiger partial charge in [-0.05, 0) is 19.9 Å². The molecule has 2 amide bonds. The highest BCUT2D eigenvalue weighted by Crippen LogP contribution is 2.16.